The molecule has 5 nitrogen and oxygen atoms in total. The van der Waals surface area contributed by atoms with Crippen molar-refractivity contribution in [3.8, 4) is 5.75 Å². The monoisotopic (exact) mass is 330 g/mol. The number of hydrogen-bond acceptors (Lipinski definition) is 4. The summed E-state index contributed by atoms with van der Waals surface area (Å²) >= 11 is 0. The van der Waals surface area contributed by atoms with Crippen molar-refractivity contribution in [2.24, 2.45) is 0 Å². The van der Waals surface area contributed by atoms with E-state index in [2.05, 4.69) is 16.9 Å². The summed E-state index contributed by atoms with van der Waals surface area (Å²) in [6, 6.07) is 7.65. The van der Waals surface area contributed by atoms with E-state index in [4.69, 9.17) is 9.47 Å². The van der Waals surface area contributed by atoms with E-state index in [1.54, 1.807) is 7.11 Å². The lowest BCUT2D eigenvalue weighted by molar-refractivity contribution is 0.0995. The second-order valence-electron chi connectivity index (χ2n) is 6.59. The molecular formula is C19H26N2O3. The van der Waals surface area contributed by atoms with Crippen LogP contribution in [-0.2, 0) is 11.3 Å². The van der Waals surface area contributed by atoms with Gasteiger partial charge in [0, 0.05) is 29.6 Å². The summed E-state index contributed by atoms with van der Waals surface area (Å²) in [5, 5.41) is 0.997. The zero-order chi connectivity index (χ0) is 16.9. The average molecular weight is 330 g/mol. The summed E-state index contributed by atoms with van der Waals surface area (Å²) in [5.41, 5.74) is 1.61. The molecule has 1 unspecified atom stereocenters. The Kier molecular flexibility index (Phi) is 5.53. The van der Waals surface area contributed by atoms with Gasteiger partial charge in [-0.3, -0.25) is 4.79 Å². The maximum absolute atomic E-state index is 12.3. The summed E-state index contributed by atoms with van der Waals surface area (Å²) in [6.07, 6.45) is 5.03. The van der Waals surface area contributed by atoms with E-state index in [0.29, 0.717) is 12.6 Å². The smallest absolute Gasteiger partial charge is 0.252 e. The number of nitrogens with one attached hydrogen (secondary N) is 1. The minimum absolute atomic E-state index is 0.0151. The molecule has 1 atom stereocenters. The summed E-state index contributed by atoms with van der Waals surface area (Å²) in [6.45, 7) is 2.53. The lowest BCUT2D eigenvalue weighted by Crippen LogP contribution is -2.25. The Morgan fingerprint density at radius 3 is 3.00 bits per heavy atom. The van der Waals surface area contributed by atoms with Gasteiger partial charge in [-0.15, -0.1) is 0 Å². The molecule has 3 rings (SSSR count). The van der Waals surface area contributed by atoms with Crippen LogP contribution in [0.3, 0.4) is 0 Å². The molecule has 1 aliphatic rings. The standard InChI is InChI=1S/C19H26N2O3/c1-21(9-3-5-16-6-4-10-24-16)13-15-11-14-12-17(23-2)7-8-18(14)20-19(15)22/h7-8,11-12,16H,3-6,9-10,13H2,1-2H3,(H,20,22). The number of H-pyrrole nitrogens is 1. The fourth-order valence-corrected chi connectivity index (χ4v) is 3.31. The molecule has 0 spiro atoms. The van der Waals surface area contributed by atoms with Crippen LogP contribution in [0.4, 0.5) is 0 Å². The fraction of sp³-hybridized carbons (Fsp3) is 0.526. The quantitative estimate of drug-likeness (QED) is 0.848. The Morgan fingerprint density at radius 1 is 1.38 bits per heavy atom. The van der Waals surface area contributed by atoms with Gasteiger partial charge in [0.1, 0.15) is 5.75 Å². The Balaban J connectivity index is 1.62. The minimum atomic E-state index is -0.0151. The second-order valence-corrected chi connectivity index (χ2v) is 6.59. The molecule has 2 heterocycles. The van der Waals surface area contributed by atoms with Crippen molar-refractivity contribution in [2.75, 3.05) is 27.3 Å². The van der Waals surface area contributed by atoms with E-state index < -0.39 is 0 Å². The Bertz CT molecular complexity index is 735. The van der Waals surface area contributed by atoms with Gasteiger partial charge in [-0.25, -0.2) is 0 Å². The third-order valence-corrected chi connectivity index (χ3v) is 4.66. The fourth-order valence-electron chi connectivity index (χ4n) is 3.31. The molecule has 0 saturated carbocycles. The van der Waals surface area contributed by atoms with E-state index in [9.17, 15) is 4.79 Å². The predicted octanol–water partition coefficient (Wildman–Crippen LogP) is 2.93. The molecule has 0 bridgehead atoms. The number of aromatic nitrogens is 1. The number of ether oxygens (including phenoxy) is 2. The zero-order valence-electron chi connectivity index (χ0n) is 14.5. The maximum atomic E-state index is 12.3. The first kappa shape index (κ1) is 17.0. The lowest BCUT2D eigenvalue weighted by atomic mass is 10.1. The van der Waals surface area contributed by atoms with E-state index in [1.165, 1.54) is 12.8 Å². The van der Waals surface area contributed by atoms with E-state index in [0.717, 1.165) is 48.2 Å². The summed E-state index contributed by atoms with van der Waals surface area (Å²) < 4.78 is 10.9. The molecule has 24 heavy (non-hydrogen) atoms. The van der Waals surface area contributed by atoms with Crippen molar-refractivity contribution in [1.29, 1.82) is 0 Å². The molecule has 1 fully saturated rings. The first-order valence-corrected chi connectivity index (χ1v) is 8.66. The van der Waals surface area contributed by atoms with Crippen LogP contribution in [0.25, 0.3) is 10.9 Å². The molecule has 5 heteroatoms. The lowest BCUT2D eigenvalue weighted by Gasteiger charge is -2.17. The van der Waals surface area contributed by atoms with Gasteiger partial charge in [0.25, 0.3) is 5.56 Å². The third-order valence-electron chi connectivity index (χ3n) is 4.66. The van der Waals surface area contributed by atoms with Crippen LogP contribution in [0.5, 0.6) is 5.75 Å². The van der Waals surface area contributed by atoms with Crippen molar-refractivity contribution in [3.05, 3.63) is 40.2 Å². The SMILES string of the molecule is COc1ccc2[nH]c(=O)c(CN(C)CCCC3CCCO3)cc2c1. The normalized spacial score (nSPS) is 17.7. The maximum Gasteiger partial charge on any atom is 0.252 e. The number of rotatable bonds is 7. The van der Waals surface area contributed by atoms with E-state index >= 15 is 0 Å². The van der Waals surface area contributed by atoms with Crippen LogP contribution in [0.15, 0.2) is 29.1 Å². The van der Waals surface area contributed by atoms with Crippen molar-refractivity contribution >= 4 is 10.9 Å². The molecule has 0 amide bonds. The number of pyridine rings is 1. The molecular weight excluding hydrogens is 304 g/mol. The highest BCUT2D eigenvalue weighted by molar-refractivity contribution is 5.80. The van der Waals surface area contributed by atoms with Gasteiger partial charge in [-0.2, -0.15) is 0 Å². The number of methoxy groups -OCH3 is 1. The summed E-state index contributed by atoms with van der Waals surface area (Å²) in [5.74, 6) is 0.797. The van der Waals surface area contributed by atoms with Gasteiger partial charge in [-0.1, -0.05) is 0 Å². The first-order valence-electron chi connectivity index (χ1n) is 8.66. The van der Waals surface area contributed by atoms with Crippen molar-refractivity contribution in [1.82, 2.24) is 9.88 Å². The molecule has 2 aromatic rings. The second kappa shape index (κ2) is 7.81. The first-order chi connectivity index (χ1) is 11.7. The molecule has 1 aliphatic heterocycles. The van der Waals surface area contributed by atoms with Gasteiger partial charge in [0.05, 0.1) is 13.2 Å². The Hall–Kier alpha value is -1.85. The van der Waals surface area contributed by atoms with Crippen LogP contribution in [-0.4, -0.2) is 43.3 Å². The van der Waals surface area contributed by atoms with Crippen molar-refractivity contribution in [3.63, 3.8) is 0 Å². The molecule has 1 aromatic heterocycles. The largest absolute Gasteiger partial charge is 0.497 e. The van der Waals surface area contributed by atoms with E-state index in [-0.39, 0.29) is 5.56 Å². The van der Waals surface area contributed by atoms with Gasteiger partial charge >= 0.3 is 0 Å². The van der Waals surface area contributed by atoms with Crippen LogP contribution >= 0.6 is 0 Å². The number of aromatic amines is 1. The van der Waals surface area contributed by atoms with Crippen LogP contribution in [0, 0.1) is 0 Å². The minimum Gasteiger partial charge on any atom is -0.497 e. The molecule has 1 N–H and O–H groups in total. The van der Waals surface area contributed by atoms with Crippen molar-refractivity contribution < 1.29 is 9.47 Å². The van der Waals surface area contributed by atoms with Crippen LogP contribution in [0.1, 0.15) is 31.2 Å². The number of fused-ring (bicyclic) bond motifs is 1. The van der Waals surface area contributed by atoms with E-state index in [1.807, 2.05) is 24.3 Å². The molecule has 0 radical (unpaired) electrons. The summed E-state index contributed by atoms with van der Waals surface area (Å²) in [7, 11) is 3.71. The number of nitrogens with zero attached hydrogens (tertiary/aromatic N) is 1. The molecule has 1 aromatic carbocycles. The summed E-state index contributed by atoms with van der Waals surface area (Å²) in [4.78, 5) is 17.4. The molecule has 130 valence electrons. The molecule has 1 saturated heterocycles. The van der Waals surface area contributed by atoms with Gasteiger partial charge < -0.3 is 19.4 Å². The van der Waals surface area contributed by atoms with Crippen molar-refractivity contribution in [2.45, 2.75) is 38.3 Å². The highest BCUT2D eigenvalue weighted by atomic mass is 16.5. The van der Waals surface area contributed by atoms with Gasteiger partial charge in [-0.05, 0) is 63.5 Å². The Morgan fingerprint density at radius 2 is 2.25 bits per heavy atom. The molecule has 0 aliphatic carbocycles. The third kappa shape index (κ3) is 4.16. The van der Waals surface area contributed by atoms with Crippen LogP contribution in [0.2, 0.25) is 0 Å². The number of benzene rings is 1. The van der Waals surface area contributed by atoms with Gasteiger partial charge in [0.2, 0.25) is 0 Å². The number of hydrogen-bond donors (Lipinski definition) is 1. The highest BCUT2D eigenvalue weighted by Gasteiger charge is 2.15. The van der Waals surface area contributed by atoms with Crippen LogP contribution < -0.4 is 10.3 Å². The topological polar surface area (TPSA) is 54.6 Å². The Labute approximate surface area is 142 Å². The van der Waals surface area contributed by atoms with Gasteiger partial charge in [0.15, 0.2) is 0 Å². The average Bonchev–Trinajstić information content (AvgIpc) is 3.08. The zero-order valence-corrected chi connectivity index (χ0v) is 14.5. The predicted molar refractivity (Wildman–Crippen MR) is 95.7 cm³/mol. The highest BCUT2D eigenvalue weighted by Crippen LogP contribution is 2.19.